The molecule has 1 aliphatic rings. The van der Waals surface area contributed by atoms with Gasteiger partial charge >= 0.3 is 0 Å². The van der Waals surface area contributed by atoms with Crippen LogP contribution in [0.1, 0.15) is 57.0 Å². The summed E-state index contributed by atoms with van der Waals surface area (Å²) < 4.78 is 6.76. The maximum atomic E-state index is 5.57. The maximum Gasteiger partial charge on any atom is 0.156 e. The van der Waals surface area contributed by atoms with Crippen molar-refractivity contribution in [3.05, 3.63) is 15.1 Å². The lowest BCUT2D eigenvalue weighted by Gasteiger charge is -2.12. The smallest absolute Gasteiger partial charge is 0.156 e. The molecule has 1 aromatic rings. The van der Waals surface area contributed by atoms with E-state index < -0.39 is 0 Å². The third-order valence-corrected chi connectivity index (χ3v) is 4.07. The molecule has 0 radical (unpaired) electrons. The van der Waals surface area contributed by atoms with E-state index in [0.717, 1.165) is 37.6 Å². The maximum absolute atomic E-state index is 5.57. The molecule has 2 rings (SSSR count). The molecule has 0 bridgehead atoms. The number of hydrogen-bond acceptors (Lipinski definition) is 4. The summed E-state index contributed by atoms with van der Waals surface area (Å²) >= 11 is 2.37. The van der Waals surface area contributed by atoms with Crippen molar-refractivity contribution in [2.24, 2.45) is 0 Å². The van der Waals surface area contributed by atoms with E-state index in [1.165, 1.54) is 22.1 Å². The highest BCUT2D eigenvalue weighted by atomic mass is 127. The highest BCUT2D eigenvalue weighted by Gasteiger charge is 2.29. The average Bonchev–Trinajstić information content (AvgIpc) is 3.23. The monoisotopic (exact) mass is 375 g/mol. The molecule has 0 aromatic carbocycles. The van der Waals surface area contributed by atoms with E-state index in [1.807, 2.05) is 0 Å². The first-order valence-electron chi connectivity index (χ1n) is 7.14. The SMILES string of the molecule is CCCNc1nc(COCCC)nc(C2CC2)c1I. The molecule has 0 amide bonds. The lowest BCUT2D eigenvalue weighted by atomic mass is 10.2. The van der Waals surface area contributed by atoms with Crippen molar-refractivity contribution in [3.63, 3.8) is 0 Å². The minimum absolute atomic E-state index is 0.519. The van der Waals surface area contributed by atoms with Gasteiger partial charge in [0.2, 0.25) is 0 Å². The van der Waals surface area contributed by atoms with E-state index in [4.69, 9.17) is 9.72 Å². The van der Waals surface area contributed by atoms with Crippen LogP contribution >= 0.6 is 22.6 Å². The fraction of sp³-hybridized carbons (Fsp3) is 0.714. The van der Waals surface area contributed by atoms with Crippen LogP contribution in [0.15, 0.2) is 0 Å². The van der Waals surface area contributed by atoms with Gasteiger partial charge in [-0.2, -0.15) is 0 Å². The van der Waals surface area contributed by atoms with Crippen molar-refractivity contribution in [1.82, 2.24) is 9.97 Å². The second kappa shape index (κ2) is 7.38. The summed E-state index contributed by atoms with van der Waals surface area (Å²) in [5.41, 5.74) is 1.21. The number of anilines is 1. The van der Waals surface area contributed by atoms with Gasteiger partial charge < -0.3 is 10.1 Å². The van der Waals surface area contributed by atoms with Gasteiger partial charge in [0, 0.05) is 19.1 Å². The topological polar surface area (TPSA) is 47.0 Å². The van der Waals surface area contributed by atoms with E-state index in [9.17, 15) is 0 Å². The standard InChI is InChI=1S/C14H22IN3O/c1-3-7-16-14-12(15)13(10-5-6-10)17-11(18-14)9-19-8-4-2/h10H,3-9H2,1-2H3,(H,16,17,18). The number of aromatic nitrogens is 2. The number of nitrogens with one attached hydrogen (secondary N) is 1. The fourth-order valence-corrected chi connectivity index (χ4v) is 2.75. The van der Waals surface area contributed by atoms with Crippen molar-refractivity contribution < 1.29 is 4.74 Å². The molecule has 0 atom stereocenters. The van der Waals surface area contributed by atoms with Crippen LogP contribution in [-0.2, 0) is 11.3 Å². The minimum atomic E-state index is 0.519. The van der Waals surface area contributed by atoms with Crippen LogP contribution in [0.4, 0.5) is 5.82 Å². The zero-order valence-corrected chi connectivity index (χ0v) is 13.9. The van der Waals surface area contributed by atoms with Crippen LogP contribution in [-0.4, -0.2) is 23.1 Å². The predicted octanol–water partition coefficient (Wildman–Crippen LogP) is 3.71. The van der Waals surface area contributed by atoms with Gasteiger partial charge in [-0.15, -0.1) is 0 Å². The van der Waals surface area contributed by atoms with Gasteiger partial charge in [0.15, 0.2) is 5.82 Å². The Balaban J connectivity index is 2.15. The molecule has 19 heavy (non-hydrogen) atoms. The molecular formula is C14H22IN3O. The van der Waals surface area contributed by atoms with Gasteiger partial charge in [-0.3, -0.25) is 0 Å². The summed E-state index contributed by atoms with van der Waals surface area (Å²) in [4.78, 5) is 9.29. The van der Waals surface area contributed by atoms with Crippen molar-refractivity contribution in [2.75, 3.05) is 18.5 Å². The summed E-state index contributed by atoms with van der Waals surface area (Å²) in [6, 6.07) is 0. The number of halogens is 1. The molecule has 4 nitrogen and oxygen atoms in total. The normalized spacial score (nSPS) is 14.7. The van der Waals surface area contributed by atoms with Gasteiger partial charge in [-0.25, -0.2) is 9.97 Å². The van der Waals surface area contributed by atoms with Crippen molar-refractivity contribution in [3.8, 4) is 0 Å². The van der Waals surface area contributed by atoms with Gasteiger partial charge in [0.1, 0.15) is 12.4 Å². The molecule has 0 spiro atoms. The summed E-state index contributed by atoms with van der Waals surface area (Å²) in [6.07, 6.45) is 4.65. The van der Waals surface area contributed by atoms with Crippen LogP contribution in [0.2, 0.25) is 0 Å². The molecule has 1 fully saturated rings. The molecule has 5 heteroatoms. The second-order valence-corrected chi connectivity index (χ2v) is 6.02. The van der Waals surface area contributed by atoms with Gasteiger partial charge in [0.05, 0.1) is 9.26 Å². The minimum Gasteiger partial charge on any atom is -0.373 e. The van der Waals surface area contributed by atoms with Crippen LogP contribution in [0.5, 0.6) is 0 Å². The zero-order valence-electron chi connectivity index (χ0n) is 11.7. The van der Waals surface area contributed by atoms with E-state index >= 15 is 0 Å². The molecular weight excluding hydrogens is 353 g/mol. The molecule has 0 aliphatic heterocycles. The number of hydrogen-bond donors (Lipinski definition) is 1. The molecule has 1 heterocycles. The van der Waals surface area contributed by atoms with Gasteiger partial charge in [-0.1, -0.05) is 13.8 Å². The van der Waals surface area contributed by atoms with Crippen molar-refractivity contribution >= 4 is 28.4 Å². The Morgan fingerprint density at radius 1 is 1.26 bits per heavy atom. The molecule has 0 unspecified atom stereocenters. The van der Waals surface area contributed by atoms with Crippen molar-refractivity contribution in [2.45, 2.75) is 52.1 Å². The first-order chi connectivity index (χ1) is 9.26. The Morgan fingerprint density at radius 3 is 2.68 bits per heavy atom. The molecule has 106 valence electrons. The number of rotatable bonds is 8. The first-order valence-corrected chi connectivity index (χ1v) is 8.22. The first kappa shape index (κ1) is 15.0. The Hall–Kier alpha value is -0.430. The lowest BCUT2D eigenvalue weighted by molar-refractivity contribution is 0.116. The summed E-state index contributed by atoms with van der Waals surface area (Å²) in [5.74, 6) is 2.44. The molecule has 1 N–H and O–H groups in total. The fourth-order valence-electron chi connectivity index (χ4n) is 1.87. The molecule has 0 saturated heterocycles. The molecule has 1 aromatic heterocycles. The van der Waals surface area contributed by atoms with Crippen LogP contribution in [0.25, 0.3) is 0 Å². The highest BCUT2D eigenvalue weighted by molar-refractivity contribution is 14.1. The van der Waals surface area contributed by atoms with Crippen LogP contribution in [0.3, 0.4) is 0 Å². The van der Waals surface area contributed by atoms with E-state index in [2.05, 4.69) is 46.7 Å². The lowest BCUT2D eigenvalue weighted by Crippen LogP contribution is -2.11. The Morgan fingerprint density at radius 2 is 2.05 bits per heavy atom. The second-order valence-electron chi connectivity index (χ2n) is 4.94. The predicted molar refractivity (Wildman–Crippen MR) is 85.5 cm³/mol. The third-order valence-electron chi connectivity index (χ3n) is 3.01. The number of nitrogens with zero attached hydrogens (tertiary/aromatic N) is 2. The summed E-state index contributed by atoms with van der Waals surface area (Å²) in [5, 5.41) is 3.40. The van der Waals surface area contributed by atoms with Crippen LogP contribution < -0.4 is 5.32 Å². The van der Waals surface area contributed by atoms with E-state index in [0.29, 0.717) is 12.5 Å². The highest BCUT2D eigenvalue weighted by Crippen LogP contribution is 2.42. The Labute approximate surface area is 128 Å². The van der Waals surface area contributed by atoms with Crippen LogP contribution in [0, 0.1) is 3.57 Å². The molecule has 1 aliphatic carbocycles. The van der Waals surface area contributed by atoms with E-state index in [1.54, 1.807) is 0 Å². The molecule has 1 saturated carbocycles. The summed E-state index contributed by atoms with van der Waals surface area (Å²) in [6.45, 7) is 6.51. The largest absolute Gasteiger partial charge is 0.373 e. The van der Waals surface area contributed by atoms with Gasteiger partial charge in [-0.05, 0) is 48.3 Å². The Kier molecular flexibility index (Phi) is 5.81. The average molecular weight is 375 g/mol. The van der Waals surface area contributed by atoms with E-state index in [-0.39, 0.29) is 0 Å². The zero-order chi connectivity index (χ0) is 13.7. The van der Waals surface area contributed by atoms with Crippen molar-refractivity contribution in [1.29, 1.82) is 0 Å². The number of ether oxygens (including phenoxy) is 1. The third kappa shape index (κ3) is 4.27. The summed E-state index contributed by atoms with van der Waals surface area (Å²) in [7, 11) is 0. The van der Waals surface area contributed by atoms with Gasteiger partial charge in [0.25, 0.3) is 0 Å². The Bertz CT molecular complexity index is 421. The quantitative estimate of drug-likeness (QED) is 0.556.